The molecule has 0 spiro atoms. The molecule has 0 aliphatic heterocycles. The maximum Gasteiger partial charge on any atom is 0.325 e. The van der Waals surface area contributed by atoms with Crippen LogP contribution in [0.5, 0.6) is 0 Å². The van der Waals surface area contributed by atoms with Crippen molar-refractivity contribution in [3.63, 3.8) is 0 Å². The first-order valence-corrected chi connectivity index (χ1v) is 6.33. The molecule has 0 aliphatic carbocycles. The number of hydrogen-bond acceptors (Lipinski definition) is 5. The third kappa shape index (κ3) is 3.56. The van der Waals surface area contributed by atoms with Gasteiger partial charge in [0.15, 0.2) is 0 Å². The first kappa shape index (κ1) is 14.7. The van der Waals surface area contributed by atoms with E-state index in [-0.39, 0.29) is 18.2 Å². The van der Waals surface area contributed by atoms with Crippen molar-refractivity contribution in [2.24, 2.45) is 0 Å². The minimum absolute atomic E-state index is 0.0391. The summed E-state index contributed by atoms with van der Waals surface area (Å²) in [5.41, 5.74) is 0.825. The van der Waals surface area contributed by atoms with Crippen LogP contribution < -0.4 is 4.90 Å². The average Bonchev–Trinajstić information content (AvgIpc) is 2.35. The highest BCUT2D eigenvalue weighted by Crippen LogP contribution is 2.26. The fraction of sp³-hybridized carbons (Fsp3) is 0.364. The molecule has 0 unspecified atom stereocenters. The van der Waals surface area contributed by atoms with Crippen LogP contribution in [0.4, 0.5) is 11.4 Å². The molecule has 0 atom stereocenters. The van der Waals surface area contributed by atoms with E-state index in [9.17, 15) is 14.9 Å². The van der Waals surface area contributed by atoms with Gasteiger partial charge >= 0.3 is 5.97 Å². The Balaban J connectivity index is 3.00. The lowest BCUT2D eigenvalue weighted by Gasteiger charge is -2.22. The van der Waals surface area contributed by atoms with E-state index in [2.05, 4.69) is 4.74 Å². The number of likely N-dealkylation sites (N-methyl/N-ethyl adjacent to an activating group) is 1. The Morgan fingerprint density at radius 1 is 1.56 bits per heavy atom. The second-order valence-corrected chi connectivity index (χ2v) is 4.65. The molecular weight excluding hydrogens is 351 g/mol. The van der Waals surface area contributed by atoms with Crippen LogP contribution in [-0.2, 0) is 9.53 Å². The molecule has 0 amide bonds. The summed E-state index contributed by atoms with van der Waals surface area (Å²) in [6.45, 7) is 2.64. The minimum Gasteiger partial charge on any atom is -0.468 e. The Morgan fingerprint density at radius 3 is 2.67 bits per heavy atom. The maximum absolute atomic E-state index is 11.3. The van der Waals surface area contributed by atoms with Crippen molar-refractivity contribution in [3.8, 4) is 0 Å². The van der Waals surface area contributed by atoms with Crippen molar-refractivity contribution < 1.29 is 14.5 Å². The summed E-state index contributed by atoms with van der Waals surface area (Å²) in [5, 5.41) is 10.6. The Bertz CT molecular complexity index is 464. The highest BCUT2D eigenvalue weighted by atomic mass is 127. The number of nitro benzene ring substituents is 1. The monoisotopic (exact) mass is 364 g/mol. The molecular formula is C11H13IN2O4. The number of rotatable bonds is 5. The Morgan fingerprint density at radius 2 is 2.22 bits per heavy atom. The van der Waals surface area contributed by atoms with Gasteiger partial charge in [-0.15, -0.1) is 0 Å². The number of halogens is 1. The van der Waals surface area contributed by atoms with E-state index in [4.69, 9.17) is 0 Å². The summed E-state index contributed by atoms with van der Waals surface area (Å²) < 4.78 is 5.34. The van der Waals surface area contributed by atoms with Crippen molar-refractivity contribution in [1.29, 1.82) is 0 Å². The lowest BCUT2D eigenvalue weighted by atomic mass is 10.2. The van der Waals surface area contributed by atoms with Crippen LogP contribution in [0.1, 0.15) is 6.92 Å². The zero-order chi connectivity index (χ0) is 13.7. The molecule has 1 aromatic carbocycles. The Kier molecular flexibility index (Phi) is 5.32. The number of methoxy groups -OCH3 is 1. The standard InChI is InChI=1S/C11H13IN2O4/c1-3-13(7-11(15)18-2)10-5-4-8(14(16)17)6-9(10)12/h4-6H,3,7H2,1-2H3. The number of nitro groups is 1. The molecule has 0 radical (unpaired) electrons. The topological polar surface area (TPSA) is 72.7 Å². The molecule has 98 valence electrons. The molecule has 0 bridgehead atoms. The number of anilines is 1. The molecule has 1 rings (SSSR count). The Hall–Kier alpha value is -1.38. The van der Waals surface area contributed by atoms with Crippen molar-refractivity contribution in [1.82, 2.24) is 0 Å². The largest absolute Gasteiger partial charge is 0.468 e. The van der Waals surface area contributed by atoms with Gasteiger partial charge in [-0.3, -0.25) is 14.9 Å². The zero-order valence-corrected chi connectivity index (χ0v) is 12.2. The second-order valence-electron chi connectivity index (χ2n) is 3.48. The smallest absolute Gasteiger partial charge is 0.325 e. The number of esters is 1. The Labute approximate surface area is 118 Å². The van der Waals surface area contributed by atoms with Crippen LogP contribution in [-0.4, -0.2) is 31.1 Å². The fourth-order valence-electron chi connectivity index (χ4n) is 1.45. The summed E-state index contributed by atoms with van der Waals surface area (Å²) in [5.74, 6) is -0.342. The molecule has 0 saturated heterocycles. The molecule has 0 heterocycles. The van der Waals surface area contributed by atoms with Gasteiger partial charge in [-0.1, -0.05) is 0 Å². The van der Waals surface area contributed by atoms with E-state index in [1.54, 1.807) is 11.0 Å². The fourth-order valence-corrected chi connectivity index (χ4v) is 2.29. The van der Waals surface area contributed by atoms with E-state index in [0.29, 0.717) is 6.54 Å². The van der Waals surface area contributed by atoms with Gasteiger partial charge in [0, 0.05) is 22.2 Å². The number of nitrogens with zero attached hydrogens (tertiary/aromatic N) is 2. The van der Waals surface area contributed by atoms with E-state index < -0.39 is 4.92 Å². The van der Waals surface area contributed by atoms with Gasteiger partial charge in [0.25, 0.3) is 5.69 Å². The molecule has 7 heteroatoms. The number of non-ortho nitro benzene ring substituents is 1. The van der Waals surface area contributed by atoms with Crippen molar-refractivity contribution >= 4 is 39.9 Å². The normalized spacial score (nSPS) is 9.94. The zero-order valence-electron chi connectivity index (χ0n) is 10.1. The molecule has 6 nitrogen and oxygen atoms in total. The van der Waals surface area contributed by atoms with Crippen LogP contribution in [0.2, 0.25) is 0 Å². The average molecular weight is 364 g/mol. The van der Waals surface area contributed by atoms with Gasteiger partial charge in [-0.2, -0.15) is 0 Å². The number of ether oxygens (including phenoxy) is 1. The van der Waals surface area contributed by atoms with Gasteiger partial charge in [0.2, 0.25) is 0 Å². The van der Waals surface area contributed by atoms with Crippen LogP contribution in [0, 0.1) is 13.7 Å². The van der Waals surface area contributed by atoms with Gasteiger partial charge in [0.1, 0.15) is 6.54 Å². The highest BCUT2D eigenvalue weighted by molar-refractivity contribution is 14.1. The third-order valence-electron chi connectivity index (χ3n) is 2.41. The van der Waals surface area contributed by atoms with Crippen molar-refractivity contribution in [2.75, 3.05) is 25.1 Å². The molecule has 0 aliphatic rings. The van der Waals surface area contributed by atoms with Crippen LogP contribution in [0.15, 0.2) is 18.2 Å². The molecule has 0 N–H and O–H groups in total. The van der Waals surface area contributed by atoms with E-state index >= 15 is 0 Å². The SMILES string of the molecule is CCN(CC(=O)OC)c1ccc([N+](=O)[O-])cc1I. The van der Waals surface area contributed by atoms with Gasteiger partial charge < -0.3 is 9.64 Å². The van der Waals surface area contributed by atoms with Gasteiger partial charge in [-0.25, -0.2) is 0 Å². The lowest BCUT2D eigenvalue weighted by Crippen LogP contribution is -2.30. The lowest BCUT2D eigenvalue weighted by molar-refractivity contribution is -0.384. The number of carbonyl (C=O) groups excluding carboxylic acids is 1. The van der Waals surface area contributed by atoms with Gasteiger partial charge in [-0.05, 0) is 35.6 Å². The van der Waals surface area contributed by atoms with Gasteiger partial charge in [0.05, 0.1) is 17.7 Å². The summed E-state index contributed by atoms with van der Waals surface area (Å²) in [7, 11) is 1.33. The predicted molar refractivity (Wildman–Crippen MR) is 75.7 cm³/mol. The first-order chi connectivity index (χ1) is 8.49. The van der Waals surface area contributed by atoms with E-state index in [1.807, 2.05) is 29.5 Å². The summed E-state index contributed by atoms with van der Waals surface area (Å²) in [6, 6.07) is 4.56. The molecule has 0 fully saturated rings. The summed E-state index contributed by atoms with van der Waals surface area (Å²) in [4.78, 5) is 23.3. The van der Waals surface area contributed by atoms with Crippen LogP contribution in [0.3, 0.4) is 0 Å². The highest BCUT2D eigenvalue weighted by Gasteiger charge is 2.15. The quantitative estimate of drug-likeness (QED) is 0.347. The first-order valence-electron chi connectivity index (χ1n) is 5.25. The number of hydrogen-bond donors (Lipinski definition) is 0. The third-order valence-corrected chi connectivity index (χ3v) is 3.28. The van der Waals surface area contributed by atoms with Crippen LogP contribution in [0.25, 0.3) is 0 Å². The molecule has 0 saturated carbocycles. The summed E-state index contributed by atoms with van der Waals surface area (Å²) >= 11 is 2.02. The second kappa shape index (κ2) is 6.53. The molecule has 18 heavy (non-hydrogen) atoms. The van der Waals surface area contributed by atoms with Crippen LogP contribution >= 0.6 is 22.6 Å². The van der Waals surface area contributed by atoms with E-state index in [0.717, 1.165) is 9.26 Å². The van der Waals surface area contributed by atoms with Crippen molar-refractivity contribution in [2.45, 2.75) is 6.92 Å². The predicted octanol–water partition coefficient (Wildman–Crippen LogP) is 2.20. The molecule has 0 aromatic heterocycles. The van der Waals surface area contributed by atoms with Crippen molar-refractivity contribution in [3.05, 3.63) is 31.9 Å². The minimum atomic E-state index is -0.442. The van der Waals surface area contributed by atoms with E-state index in [1.165, 1.54) is 19.2 Å². The maximum atomic E-state index is 11.3. The molecule has 1 aromatic rings. The number of benzene rings is 1. The summed E-state index contributed by atoms with van der Waals surface area (Å²) in [6.07, 6.45) is 0. The number of carbonyl (C=O) groups is 1.